The fourth-order valence-electron chi connectivity index (χ4n) is 1.86. The summed E-state index contributed by atoms with van der Waals surface area (Å²) in [6.07, 6.45) is 3.22. The molecule has 184 valence electrons. The van der Waals surface area contributed by atoms with Crippen molar-refractivity contribution in [1.29, 1.82) is 10.5 Å². The summed E-state index contributed by atoms with van der Waals surface area (Å²) in [5.41, 5.74) is 1.21. The molecule has 0 fully saturated rings. The van der Waals surface area contributed by atoms with E-state index in [1.165, 1.54) is 12.2 Å². The Hall–Kier alpha value is -0.496. The Kier molecular flexibility index (Phi) is 16.8. The van der Waals surface area contributed by atoms with Gasteiger partial charge in [-0.25, -0.2) is 4.68 Å². The quantitative estimate of drug-likeness (QED) is 0.144. The molecule has 0 unspecified atom stereocenters. The Labute approximate surface area is 231 Å². The molecule has 2 aromatic heterocycles. The highest BCUT2D eigenvalue weighted by molar-refractivity contribution is 14.1. The zero-order valence-electron chi connectivity index (χ0n) is 20.1. The van der Waals surface area contributed by atoms with Gasteiger partial charge in [0.15, 0.2) is 0 Å². The molecule has 0 aromatic carbocycles. The zero-order valence-corrected chi connectivity index (χ0v) is 27.2. The van der Waals surface area contributed by atoms with Gasteiger partial charge in [-0.1, -0.05) is 50.9 Å². The number of aromatic amines is 1. The van der Waals surface area contributed by atoms with Crippen molar-refractivity contribution in [1.82, 2.24) is 20.0 Å². The maximum absolute atomic E-state index is 8.77. The number of hydrogen-bond donors (Lipinski definition) is 1. The van der Waals surface area contributed by atoms with E-state index in [9.17, 15) is 0 Å². The summed E-state index contributed by atoms with van der Waals surface area (Å²) in [4.78, 5) is 0. The van der Waals surface area contributed by atoms with E-state index in [-0.39, 0.29) is 0 Å². The molecule has 2 rings (SSSR count). The molecule has 33 heavy (non-hydrogen) atoms. The van der Waals surface area contributed by atoms with Gasteiger partial charge >= 0.3 is 0 Å². The Morgan fingerprint density at radius 2 is 1.55 bits per heavy atom. The van der Waals surface area contributed by atoms with Crippen LogP contribution >= 0.6 is 56.8 Å². The lowest BCUT2D eigenvalue weighted by molar-refractivity contribution is 0.0783. The average Bonchev–Trinajstić information content (AvgIpc) is 3.29. The van der Waals surface area contributed by atoms with E-state index < -0.39 is 16.1 Å². The Morgan fingerprint density at radius 3 is 1.91 bits per heavy atom. The highest BCUT2D eigenvalue weighted by Gasteiger charge is 2.12. The number of alkyl halides is 1. The monoisotopic (exact) mass is 734 g/mol. The summed E-state index contributed by atoms with van der Waals surface area (Å²) < 4.78 is 13.7. The number of H-pyrrole nitrogens is 1. The standard InChI is InChI=1S/C10H16IN3OSi.C6H15ClOSi.C4H2IN3/c1-16(2,3)5-4-15-8-14-7-9(6-12)10(11)13-14;1-9(2,3)5-4-8-6-7;5-4-3(1-6)2-7-8-4/h7H,4-5,8H2,1-3H3;4-6H2,1-3H3;2H,(H,7,8). The van der Waals surface area contributed by atoms with Crippen LogP contribution in [-0.4, -0.2) is 55.4 Å². The summed E-state index contributed by atoms with van der Waals surface area (Å²) in [6.45, 7) is 16.0. The maximum atomic E-state index is 8.77. The molecule has 0 bridgehead atoms. The van der Waals surface area contributed by atoms with Gasteiger partial charge < -0.3 is 9.47 Å². The molecule has 0 atom stereocenters. The largest absolute Gasteiger partial charge is 0.366 e. The first-order valence-corrected chi connectivity index (χ1v) is 20.4. The first-order valence-electron chi connectivity index (χ1n) is 10.3. The maximum Gasteiger partial charge on any atom is 0.141 e. The number of ether oxygens (including phenoxy) is 2. The van der Waals surface area contributed by atoms with Crippen LogP contribution in [0.5, 0.6) is 0 Å². The van der Waals surface area contributed by atoms with Gasteiger partial charge in [-0.15, -0.1) is 0 Å². The first-order chi connectivity index (χ1) is 15.3. The fourth-order valence-corrected chi connectivity index (χ4v) is 4.42. The van der Waals surface area contributed by atoms with Crippen molar-refractivity contribution in [3.05, 3.63) is 30.9 Å². The third kappa shape index (κ3) is 17.6. The molecule has 1 N–H and O–H groups in total. The summed E-state index contributed by atoms with van der Waals surface area (Å²) in [5, 5.41) is 27.5. The third-order valence-electron chi connectivity index (χ3n) is 3.84. The summed E-state index contributed by atoms with van der Waals surface area (Å²) in [7, 11) is -1.89. The number of nitrogens with one attached hydrogen (secondary N) is 1. The van der Waals surface area contributed by atoms with Gasteiger partial charge in [0.25, 0.3) is 0 Å². The van der Waals surface area contributed by atoms with Gasteiger partial charge in [0.2, 0.25) is 0 Å². The predicted molar refractivity (Wildman–Crippen MR) is 155 cm³/mol. The third-order valence-corrected chi connectivity index (χ3v) is 9.03. The van der Waals surface area contributed by atoms with Crippen LogP contribution in [0.1, 0.15) is 11.1 Å². The molecule has 0 radical (unpaired) electrons. The Morgan fingerprint density at radius 1 is 1.00 bits per heavy atom. The minimum Gasteiger partial charge on any atom is -0.366 e. The van der Waals surface area contributed by atoms with E-state index >= 15 is 0 Å². The van der Waals surface area contributed by atoms with Crippen LogP contribution in [0.4, 0.5) is 0 Å². The lowest BCUT2D eigenvalue weighted by atomic mass is 10.4. The van der Waals surface area contributed by atoms with Gasteiger partial charge in [-0.2, -0.15) is 20.7 Å². The molecule has 2 heterocycles. The first kappa shape index (κ1) is 32.5. The number of halogens is 3. The SMILES string of the molecule is C[Si](C)(C)CCOCCl.C[Si](C)(C)CCOCn1cc(C#N)c(I)n1.N#Cc1cn[nH]c1I. The van der Waals surface area contributed by atoms with Gasteiger partial charge in [0, 0.05) is 35.6 Å². The summed E-state index contributed by atoms with van der Waals surface area (Å²) >= 11 is 9.39. The van der Waals surface area contributed by atoms with E-state index in [4.69, 9.17) is 31.6 Å². The molecule has 13 heteroatoms. The molecule has 0 aliphatic heterocycles. The van der Waals surface area contributed by atoms with Crippen LogP contribution in [0.2, 0.25) is 51.4 Å². The predicted octanol–water partition coefficient (Wildman–Crippen LogP) is 6.10. The summed E-state index contributed by atoms with van der Waals surface area (Å²) in [5.74, 6) is 0. The zero-order chi connectivity index (χ0) is 25.5. The second-order valence-corrected chi connectivity index (χ2v) is 22.9. The van der Waals surface area contributed by atoms with Crippen LogP contribution in [0, 0.1) is 30.1 Å². The molecule has 0 aliphatic rings. The molecule has 0 saturated carbocycles. The number of nitrogens with zero attached hydrogens (tertiary/aromatic N) is 5. The van der Waals surface area contributed by atoms with Crippen molar-refractivity contribution in [2.45, 2.75) is 58.1 Å². The highest BCUT2D eigenvalue weighted by atomic mass is 127. The van der Waals surface area contributed by atoms with Gasteiger partial charge in [-0.05, 0) is 57.3 Å². The van der Waals surface area contributed by atoms with Crippen molar-refractivity contribution in [2.75, 3.05) is 19.3 Å². The van der Waals surface area contributed by atoms with Crippen molar-refractivity contribution in [2.24, 2.45) is 0 Å². The van der Waals surface area contributed by atoms with Crippen molar-refractivity contribution in [3.8, 4) is 12.1 Å². The average molecular weight is 735 g/mol. The van der Waals surface area contributed by atoms with Crippen molar-refractivity contribution in [3.63, 3.8) is 0 Å². The lowest BCUT2D eigenvalue weighted by Gasteiger charge is -2.15. The van der Waals surface area contributed by atoms with Gasteiger partial charge in [0.05, 0.1) is 6.20 Å². The second-order valence-electron chi connectivity index (χ2n) is 9.37. The van der Waals surface area contributed by atoms with Gasteiger partial charge in [0.1, 0.15) is 43.5 Å². The number of rotatable bonds is 9. The molecule has 8 nitrogen and oxygen atoms in total. The van der Waals surface area contributed by atoms with E-state index in [0.29, 0.717) is 23.9 Å². The fraction of sp³-hybridized carbons (Fsp3) is 0.600. The number of aromatic nitrogens is 4. The van der Waals surface area contributed by atoms with Crippen LogP contribution in [-0.2, 0) is 16.2 Å². The minimum absolute atomic E-state index is 0.338. The van der Waals surface area contributed by atoms with Crippen LogP contribution < -0.4 is 0 Å². The molecular weight excluding hydrogens is 702 g/mol. The van der Waals surface area contributed by atoms with E-state index in [0.717, 1.165) is 26.7 Å². The van der Waals surface area contributed by atoms with Crippen LogP contribution in [0.3, 0.4) is 0 Å². The topological polar surface area (TPSA) is 113 Å². The molecule has 0 saturated heterocycles. The van der Waals surface area contributed by atoms with Crippen LogP contribution in [0.25, 0.3) is 0 Å². The number of hydrogen-bond acceptors (Lipinski definition) is 6. The van der Waals surface area contributed by atoms with E-state index in [2.05, 4.69) is 83.2 Å². The summed E-state index contributed by atoms with van der Waals surface area (Å²) in [6, 6.07) is 6.76. The second kappa shape index (κ2) is 17.0. The van der Waals surface area contributed by atoms with E-state index in [1.807, 2.05) is 28.7 Å². The molecule has 0 amide bonds. The smallest absolute Gasteiger partial charge is 0.141 e. The number of nitriles is 2. The molecular formula is C20H33ClI2N6O2Si2. The van der Waals surface area contributed by atoms with Crippen molar-refractivity contribution < 1.29 is 9.47 Å². The Bertz CT molecular complexity index is 898. The normalized spacial score (nSPS) is 10.9. The molecule has 0 spiro atoms. The van der Waals surface area contributed by atoms with E-state index in [1.54, 1.807) is 10.9 Å². The highest BCUT2D eigenvalue weighted by Crippen LogP contribution is 2.10. The molecule has 2 aromatic rings. The van der Waals surface area contributed by atoms with Crippen LogP contribution in [0.15, 0.2) is 12.4 Å². The minimum atomic E-state index is -1.02. The Balaban J connectivity index is 0.000000510. The lowest BCUT2D eigenvalue weighted by Crippen LogP contribution is -2.22. The molecule has 0 aliphatic carbocycles. The van der Waals surface area contributed by atoms with Gasteiger partial charge in [-0.3, -0.25) is 5.10 Å². The van der Waals surface area contributed by atoms with Crippen molar-refractivity contribution >= 4 is 72.9 Å².